The van der Waals surface area contributed by atoms with Gasteiger partial charge in [0.25, 0.3) is 0 Å². The topological polar surface area (TPSA) is 41.9 Å². The van der Waals surface area contributed by atoms with Gasteiger partial charge in [-0.2, -0.15) is 0 Å². The number of thiophene rings is 1. The lowest BCUT2D eigenvalue weighted by Crippen LogP contribution is -2.07. The van der Waals surface area contributed by atoms with Crippen LogP contribution in [0.5, 0.6) is 0 Å². The number of carbonyl (C=O) groups excluding carboxylic acids is 1. The first-order valence-corrected chi connectivity index (χ1v) is 7.50. The molecular weight excluding hydrogens is 284 g/mol. The van der Waals surface area contributed by atoms with Gasteiger partial charge >= 0.3 is 5.97 Å². The SMILES string of the molecule is CCOC(=O)c1cc(-c2ccccc2)sc1/N=C/N(C)C. The largest absolute Gasteiger partial charge is 0.462 e. The van der Waals surface area contributed by atoms with Crippen molar-refractivity contribution in [2.75, 3.05) is 20.7 Å². The predicted molar refractivity (Wildman–Crippen MR) is 87.6 cm³/mol. The number of hydrogen-bond acceptors (Lipinski definition) is 4. The van der Waals surface area contributed by atoms with Crippen molar-refractivity contribution < 1.29 is 9.53 Å². The molecular formula is C16H18N2O2S. The standard InChI is InChI=1S/C16H18N2O2S/c1-4-20-16(19)13-10-14(12-8-6-5-7-9-12)21-15(13)17-11-18(2)3/h5-11H,4H2,1-3H3/b17-11+. The molecule has 1 heterocycles. The van der Waals surface area contributed by atoms with Crippen LogP contribution in [0.2, 0.25) is 0 Å². The molecule has 1 aromatic carbocycles. The van der Waals surface area contributed by atoms with Crippen LogP contribution < -0.4 is 0 Å². The summed E-state index contributed by atoms with van der Waals surface area (Å²) in [7, 11) is 3.78. The van der Waals surface area contributed by atoms with Gasteiger partial charge in [0.05, 0.1) is 18.5 Å². The summed E-state index contributed by atoms with van der Waals surface area (Å²) in [5, 5.41) is 0.668. The van der Waals surface area contributed by atoms with Gasteiger partial charge in [-0.15, -0.1) is 11.3 Å². The smallest absolute Gasteiger partial charge is 0.341 e. The van der Waals surface area contributed by atoms with Crippen LogP contribution in [-0.4, -0.2) is 37.9 Å². The molecule has 0 fully saturated rings. The normalized spacial score (nSPS) is 10.8. The first-order valence-electron chi connectivity index (χ1n) is 6.68. The van der Waals surface area contributed by atoms with Crippen LogP contribution in [-0.2, 0) is 4.74 Å². The average Bonchev–Trinajstić information content (AvgIpc) is 2.90. The lowest BCUT2D eigenvalue weighted by atomic mass is 10.1. The zero-order valence-corrected chi connectivity index (χ0v) is 13.2. The molecule has 0 radical (unpaired) electrons. The molecule has 2 aromatic rings. The van der Waals surface area contributed by atoms with E-state index in [1.165, 1.54) is 11.3 Å². The van der Waals surface area contributed by atoms with Gasteiger partial charge in [-0.1, -0.05) is 30.3 Å². The third-order valence-corrected chi connectivity index (χ3v) is 3.76. The van der Waals surface area contributed by atoms with E-state index < -0.39 is 0 Å². The third-order valence-electron chi connectivity index (χ3n) is 2.67. The summed E-state index contributed by atoms with van der Waals surface area (Å²) in [5.41, 5.74) is 1.58. The molecule has 110 valence electrons. The fourth-order valence-electron chi connectivity index (χ4n) is 1.74. The van der Waals surface area contributed by atoms with E-state index >= 15 is 0 Å². The second kappa shape index (κ2) is 7.04. The summed E-state index contributed by atoms with van der Waals surface area (Å²) in [5.74, 6) is -0.332. The molecule has 0 atom stereocenters. The van der Waals surface area contributed by atoms with E-state index in [1.54, 1.807) is 13.3 Å². The number of rotatable bonds is 5. The van der Waals surface area contributed by atoms with Crippen LogP contribution in [0.4, 0.5) is 5.00 Å². The van der Waals surface area contributed by atoms with Crippen molar-refractivity contribution in [3.8, 4) is 10.4 Å². The maximum atomic E-state index is 12.1. The second-order valence-electron chi connectivity index (χ2n) is 4.62. The van der Waals surface area contributed by atoms with Gasteiger partial charge in [-0.3, -0.25) is 0 Å². The highest BCUT2D eigenvalue weighted by molar-refractivity contribution is 7.19. The molecule has 5 heteroatoms. The van der Waals surface area contributed by atoms with E-state index in [0.717, 1.165) is 10.4 Å². The van der Waals surface area contributed by atoms with Gasteiger partial charge in [0.15, 0.2) is 0 Å². The highest BCUT2D eigenvalue weighted by atomic mass is 32.1. The second-order valence-corrected chi connectivity index (χ2v) is 5.65. The number of benzene rings is 1. The van der Waals surface area contributed by atoms with Crippen LogP contribution in [0.3, 0.4) is 0 Å². The Hall–Kier alpha value is -2.14. The predicted octanol–water partition coefficient (Wildman–Crippen LogP) is 3.81. The Morgan fingerprint density at radius 3 is 2.67 bits per heavy atom. The maximum Gasteiger partial charge on any atom is 0.341 e. The number of ether oxygens (including phenoxy) is 1. The van der Waals surface area contributed by atoms with Gasteiger partial charge in [0, 0.05) is 19.0 Å². The van der Waals surface area contributed by atoms with Crippen LogP contribution in [0.1, 0.15) is 17.3 Å². The zero-order valence-electron chi connectivity index (χ0n) is 12.4. The minimum Gasteiger partial charge on any atom is -0.462 e. The summed E-state index contributed by atoms with van der Waals surface area (Å²) in [4.78, 5) is 19.3. The lowest BCUT2D eigenvalue weighted by molar-refractivity contribution is 0.0528. The molecule has 0 aliphatic heterocycles. The lowest BCUT2D eigenvalue weighted by Gasteiger charge is -2.02. The minimum absolute atomic E-state index is 0.332. The molecule has 0 amide bonds. The molecule has 0 spiro atoms. The van der Waals surface area contributed by atoms with Crippen molar-refractivity contribution in [1.29, 1.82) is 0 Å². The summed E-state index contributed by atoms with van der Waals surface area (Å²) in [6.45, 7) is 2.15. The van der Waals surface area contributed by atoms with Crippen molar-refractivity contribution in [1.82, 2.24) is 4.90 Å². The van der Waals surface area contributed by atoms with Gasteiger partial charge in [0.1, 0.15) is 5.00 Å². The highest BCUT2D eigenvalue weighted by Crippen LogP contribution is 2.37. The number of aliphatic imine (C=N–C) groups is 1. The van der Waals surface area contributed by atoms with Gasteiger partial charge < -0.3 is 9.64 Å². The fourth-order valence-corrected chi connectivity index (χ4v) is 2.74. The van der Waals surface area contributed by atoms with Crippen LogP contribution in [0.15, 0.2) is 41.4 Å². The number of hydrogen-bond donors (Lipinski definition) is 0. The third kappa shape index (κ3) is 3.92. The first kappa shape index (κ1) is 15.3. The van der Waals surface area contributed by atoms with Gasteiger partial charge in [0.2, 0.25) is 0 Å². The Balaban J connectivity index is 2.42. The van der Waals surface area contributed by atoms with Crippen LogP contribution in [0.25, 0.3) is 10.4 Å². The van der Waals surface area contributed by atoms with Crippen LogP contribution in [0, 0.1) is 0 Å². The summed E-state index contributed by atoms with van der Waals surface area (Å²) >= 11 is 1.48. The minimum atomic E-state index is -0.332. The van der Waals surface area contributed by atoms with E-state index in [9.17, 15) is 4.79 Å². The molecule has 0 aliphatic rings. The molecule has 1 aromatic heterocycles. The molecule has 0 saturated carbocycles. The van der Waals surface area contributed by atoms with Crippen molar-refractivity contribution in [2.24, 2.45) is 4.99 Å². The van der Waals surface area contributed by atoms with E-state index in [2.05, 4.69) is 4.99 Å². The number of nitrogens with zero attached hydrogens (tertiary/aromatic N) is 2. The fraction of sp³-hybridized carbons (Fsp3) is 0.250. The molecule has 0 saturated heterocycles. The molecule has 21 heavy (non-hydrogen) atoms. The quantitative estimate of drug-likeness (QED) is 0.479. The zero-order chi connectivity index (χ0) is 15.2. The molecule has 4 nitrogen and oxygen atoms in total. The highest BCUT2D eigenvalue weighted by Gasteiger charge is 2.17. The van der Waals surface area contributed by atoms with E-state index in [1.807, 2.05) is 55.4 Å². The molecule has 0 aliphatic carbocycles. The van der Waals surface area contributed by atoms with Crippen molar-refractivity contribution in [3.05, 3.63) is 42.0 Å². The average molecular weight is 302 g/mol. The van der Waals surface area contributed by atoms with Gasteiger partial charge in [-0.05, 0) is 18.6 Å². The van der Waals surface area contributed by atoms with Gasteiger partial charge in [-0.25, -0.2) is 9.79 Å². The molecule has 2 rings (SSSR count). The Bertz CT molecular complexity index is 633. The van der Waals surface area contributed by atoms with Crippen molar-refractivity contribution >= 4 is 28.6 Å². The van der Waals surface area contributed by atoms with Crippen LogP contribution >= 0.6 is 11.3 Å². The Morgan fingerprint density at radius 2 is 2.05 bits per heavy atom. The Labute approximate surface area is 128 Å². The van der Waals surface area contributed by atoms with E-state index in [4.69, 9.17) is 4.74 Å². The van der Waals surface area contributed by atoms with Crippen molar-refractivity contribution in [3.63, 3.8) is 0 Å². The molecule has 0 unspecified atom stereocenters. The maximum absolute atomic E-state index is 12.1. The molecule has 0 N–H and O–H groups in total. The summed E-state index contributed by atoms with van der Waals surface area (Å²) in [6.07, 6.45) is 1.68. The molecule has 0 bridgehead atoms. The Kier molecular flexibility index (Phi) is 5.11. The number of carbonyl (C=O) groups is 1. The summed E-state index contributed by atoms with van der Waals surface area (Å²) < 4.78 is 5.10. The van der Waals surface area contributed by atoms with Crippen molar-refractivity contribution in [2.45, 2.75) is 6.92 Å². The Morgan fingerprint density at radius 1 is 1.33 bits per heavy atom. The number of esters is 1. The first-order chi connectivity index (χ1) is 10.1. The summed E-state index contributed by atoms with van der Waals surface area (Å²) in [6, 6.07) is 11.8. The van der Waals surface area contributed by atoms with E-state index in [-0.39, 0.29) is 5.97 Å². The van der Waals surface area contributed by atoms with E-state index in [0.29, 0.717) is 17.2 Å². The monoisotopic (exact) mass is 302 g/mol.